The Kier molecular flexibility index (Phi) is 2.38. The Bertz CT molecular complexity index is 458. The number of nitro groups is 1. The first-order chi connectivity index (χ1) is 7.50. The molecule has 2 rings (SSSR count). The van der Waals surface area contributed by atoms with E-state index in [9.17, 15) is 18.9 Å². The van der Waals surface area contributed by atoms with Gasteiger partial charge in [-0.15, -0.1) is 0 Å². The third-order valence-electron chi connectivity index (χ3n) is 2.96. The van der Waals surface area contributed by atoms with E-state index in [1.54, 1.807) is 0 Å². The Hall–Kier alpha value is -1.56. The summed E-state index contributed by atoms with van der Waals surface area (Å²) < 4.78 is 26.8. The van der Waals surface area contributed by atoms with Crippen molar-refractivity contribution in [2.75, 3.05) is 6.61 Å². The van der Waals surface area contributed by atoms with Crippen LogP contribution in [0.4, 0.5) is 14.5 Å². The van der Waals surface area contributed by atoms with Crippen LogP contribution in [0.1, 0.15) is 18.4 Å². The molecule has 0 unspecified atom stereocenters. The summed E-state index contributed by atoms with van der Waals surface area (Å²) >= 11 is 0. The molecule has 0 aliphatic heterocycles. The van der Waals surface area contributed by atoms with E-state index in [-0.39, 0.29) is 12.2 Å². The van der Waals surface area contributed by atoms with Gasteiger partial charge in [-0.3, -0.25) is 10.1 Å². The van der Waals surface area contributed by atoms with Crippen LogP contribution in [-0.2, 0) is 5.41 Å². The second-order valence-electron chi connectivity index (χ2n) is 3.98. The van der Waals surface area contributed by atoms with E-state index < -0.39 is 27.7 Å². The number of hydrogen-bond donors (Lipinski definition) is 1. The predicted molar refractivity (Wildman–Crippen MR) is 51.0 cm³/mol. The molecule has 1 aromatic carbocycles. The van der Waals surface area contributed by atoms with Crippen molar-refractivity contribution in [1.29, 1.82) is 0 Å². The molecule has 4 nitrogen and oxygen atoms in total. The molecule has 86 valence electrons. The minimum Gasteiger partial charge on any atom is -0.395 e. The highest BCUT2D eigenvalue weighted by atomic mass is 19.1. The lowest BCUT2D eigenvalue weighted by atomic mass is 9.96. The molecule has 0 bridgehead atoms. The summed E-state index contributed by atoms with van der Waals surface area (Å²) in [5.41, 5.74) is -1.59. The molecule has 1 N–H and O–H groups in total. The lowest BCUT2D eigenvalue weighted by Gasteiger charge is -2.12. The van der Waals surface area contributed by atoms with E-state index in [0.717, 1.165) is 6.07 Å². The number of halogens is 2. The normalized spacial score (nSPS) is 17.2. The Morgan fingerprint density at radius 2 is 2.00 bits per heavy atom. The van der Waals surface area contributed by atoms with Crippen molar-refractivity contribution in [3.8, 4) is 0 Å². The molecule has 0 aromatic heterocycles. The van der Waals surface area contributed by atoms with Gasteiger partial charge < -0.3 is 5.11 Å². The second-order valence-corrected chi connectivity index (χ2v) is 3.98. The Balaban J connectivity index is 2.50. The van der Waals surface area contributed by atoms with Crippen molar-refractivity contribution in [3.05, 3.63) is 39.4 Å². The Labute approximate surface area is 89.7 Å². The van der Waals surface area contributed by atoms with Crippen LogP contribution in [0.15, 0.2) is 12.1 Å². The van der Waals surface area contributed by atoms with Gasteiger partial charge in [0, 0.05) is 5.41 Å². The van der Waals surface area contributed by atoms with Crippen molar-refractivity contribution in [2.45, 2.75) is 18.3 Å². The third-order valence-corrected chi connectivity index (χ3v) is 2.96. The van der Waals surface area contributed by atoms with E-state index in [4.69, 9.17) is 5.11 Å². The van der Waals surface area contributed by atoms with Crippen LogP contribution in [0.2, 0.25) is 0 Å². The van der Waals surface area contributed by atoms with Crippen molar-refractivity contribution in [1.82, 2.24) is 0 Å². The third kappa shape index (κ3) is 1.55. The zero-order chi connectivity index (χ0) is 11.9. The van der Waals surface area contributed by atoms with Gasteiger partial charge in [0.1, 0.15) is 5.82 Å². The summed E-state index contributed by atoms with van der Waals surface area (Å²) in [6.07, 6.45) is 1.13. The lowest BCUT2D eigenvalue weighted by molar-refractivity contribution is -0.387. The minimum absolute atomic E-state index is 0.0260. The number of rotatable bonds is 3. The SMILES string of the molecule is O=[N+]([O-])c1cc(F)c(C2(CO)CC2)cc1F. The number of hydrogen-bond acceptors (Lipinski definition) is 3. The highest BCUT2D eigenvalue weighted by Gasteiger charge is 2.46. The maximum atomic E-state index is 13.5. The first kappa shape index (κ1) is 10.9. The number of aliphatic hydroxyl groups is 1. The van der Waals surface area contributed by atoms with Gasteiger partial charge in [-0.25, -0.2) is 4.39 Å². The Morgan fingerprint density at radius 1 is 1.38 bits per heavy atom. The van der Waals surface area contributed by atoms with E-state index in [1.807, 2.05) is 0 Å². The lowest BCUT2D eigenvalue weighted by Crippen LogP contribution is -2.15. The van der Waals surface area contributed by atoms with Crippen LogP contribution in [0.5, 0.6) is 0 Å². The average molecular weight is 229 g/mol. The van der Waals surface area contributed by atoms with Crippen LogP contribution in [0.25, 0.3) is 0 Å². The van der Waals surface area contributed by atoms with Gasteiger partial charge in [-0.05, 0) is 24.5 Å². The molecule has 1 aromatic rings. The van der Waals surface area contributed by atoms with Crippen LogP contribution in [-0.4, -0.2) is 16.6 Å². The standard InChI is InChI=1S/C10H9F2NO3/c11-7-4-9(13(15)16)8(12)3-6(7)10(5-14)1-2-10/h3-4,14H,1-2,5H2. The smallest absolute Gasteiger partial charge is 0.307 e. The summed E-state index contributed by atoms with van der Waals surface area (Å²) in [7, 11) is 0. The highest BCUT2D eigenvalue weighted by Crippen LogP contribution is 2.49. The first-order valence-corrected chi connectivity index (χ1v) is 4.75. The maximum Gasteiger partial charge on any atom is 0.307 e. The molecule has 0 amide bonds. The number of aliphatic hydroxyl groups excluding tert-OH is 1. The van der Waals surface area contributed by atoms with Gasteiger partial charge in [0.25, 0.3) is 0 Å². The van der Waals surface area contributed by atoms with E-state index in [2.05, 4.69) is 0 Å². The van der Waals surface area contributed by atoms with E-state index in [1.165, 1.54) is 0 Å². The predicted octanol–water partition coefficient (Wildman–Crippen LogP) is 1.90. The number of nitrogens with zero attached hydrogens (tertiary/aromatic N) is 1. The molecule has 0 heterocycles. The second kappa shape index (κ2) is 3.48. The van der Waals surface area contributed by atoms with Crippen molar-refractivity contribution < 1.29 is 18.8 Å². The van der Waals surface area contributed by atoms with Gasteiger partial charge in [0.15, 0.2) is 0 Å². The fourth-order valence-electron chi connectivity index (χ4n) is 1.75. The molecular weight excluding hydrogens is 220 g/mol. The highest BCUT2D eigenvalue weighted by molar-refractivity contribution is 5.42. The fourth-order valence-corrected chi connectivity index (χ4v) is 1.75. The molecule has 0 saturated heterocycles. The summed E-state index contributed by atoms with van der Waals surface area (Å²) in [5.74, 6) is -1.90. The van der Waals surface area contributed by atoms with Crippen LogP contribution < -0.4 is 0 Å². The number of benzene rings is 1. The van der Waals surface area contributed by atoms with Gasteiger partial charge in [-0.2, -0.15) is 4.39 Å². The van der Waals surface area contributed by atoms with Crippen molar-refractivity contribution in [2.24, 2.45) is 0 Å². The maximum absolute atomic E-state index is 13.5. The quantitative estimate of drug-likeness (QED) is 0.636. The summed E-state index contributed by atoms with van der Waals surface area (Å²) in [5, 5.41) is 19.5. The summed E-state index contributed by atoms with van der Waals surface area (Å²) in [4.78, 5) is 9.40. The molecule has 1 aliphatic carbocycles. The molecule has 1 fully saturated rings. The zero-order valence-corrected chi connectivity index (χ0v) is 8.24. The van der Waals surface area contributed by atoms with Gasteiger partial charge in [-0.1, -0.05) is 0 Å². The topological polar surface area (TPSA) is 63.4 Å². The van der Waals surface area contributed by atoms with E-state index >= 15 is 0 Å². The summed E-state index contributed by atoms with van der Waals surface area (Å²) in [6.45, 7) is -0.277. The summed E-state index contributed by atoms with van der Waals surface area (Å²) in [6, 6.07) is 1.39. The molecule has 16 heavy (non-hydrogen) atoms. The Morgan fingerprint density at radius 3 is 2.44 bits per heavy atom. The zero-order valence-electron chi connectivity index (χ0n) is 8.24. The molecule has 0 spiro atoms. The molecular formula is C10H9F2NO3. The van der Waals surface area contributed by atoms with Crippen LogP contribution >= 0.6 is 0 Å². The minimum atomic E-state index is -1.07. The van der Waals surface area contributed by atoms with Gasteiger partial charge in [0.05, 0.1) is 17.6 Å². The number of nitro benzene ring substituents is 1. The van der Waals surface area contributed by atoms with Crippen LogP contribution in [0.3, 0.4) is 0 Å². The van der Waals surface area contributed by atoms with E-state index in [0.29, 0.717) is 18.9 Å². The molecule has 0 radical (unpaired) electrons. The first-order valence-electron chi connectivity index (χ1n) is 4.75. The largest absolute Gasteiger partial charge is 0.395 e. The van der Waals surface area contributed by atoms with Crippen molar-refractivity contribution in [3.63, 3.8) is 0 Å². The average Bonchev–Trinajstić information content (AvgIpc) is 3.01. The van der Waals surface area contributed by atoms with Crippen LogP contribution in [0, 0.1) is 21.7 Å². The monoisotopic (exact) mass is 229 g/mol. The molecule has 1 aliphatic rings. The molecule has 6 heteroatoms. The fraction of sp³-hybridized carbons (Fsp3) is 0.400. The van der Waals surface area contributed by atoms with Gasteiger partial charge in [0.2, 0.25) is 5.82 Å². The molecule has 1 saturated carbocycles. The molecule has 0 atom stereocenters. The van der Waals surface area contributed by atoms with Gasteiger partial charge >= 0.3 is 5.69 Å². The van der Waals surface area contributed by atoms with Crippen molar-refractivity contribution >= 4 is 5.69 Å².